The maximum atomic E-state index is 14.8. The van der Waals surface area contributed by atoms with E-state index in [4.69, 9.17) is 39.5 Å². The van der Waals surface area contributed by atoms with Crippen molar-refractivity contribution in [3.63, 3.8) is 0 Å². The average Bonchev–Trinajstić information content (AvgIpc) is 3.02. The minimum absolute atomic E-state index is 0.0464. The van der Waals surface area contributed by atoms with Gasteiger partial charge >= 0.3 is 0 Å². The summed E-state index contributed by atoms with van der Waals surface area (Å²) in [6, 6.07) is 23.9. The lowest BCUT2D eigenvalue weighted by atomic mass is 10.0. The number of carbonyl (C=O) groups excluding carboxylic acids is 2. The Balaban J connectivity index is 1.90. The van der Waals surface area contributed by atoms with Gasteiger partial charge in [0.1, 0.15) is 18.3 Å². The summed E-state index contributed by atoms with van der Waals surface area (Å²) in [6.45, 7) is 6.46. The molecule has 0 aliphatic carbocycles. The molecule has 0 radical (unpaired) electrons. The lowest BCUT2D eigenvalue weighted by molar-refractivity contribution is -0.140. The molecule has 0 fully saturated rings. The van der Waals surface area contributed by atoms with Gasteiger partial charge in [0, 0.05) is 39.1 Å². The molecule has 254 valence electrons. The first kappa shape index (κ1) is 37.1. The van der Waals surface area contributed by atoms with E-state index < -0.39 is 40.0 Å². The van der Waals surface area contributed by atoms with E-state index >= 15 is 0 Å². The van der Waals surface area contributed by atoms with Gasteiger partial charge in [-0.15, -0.1) is 0 Å². The van der Waals surface area contributed by atoms with Crippen molar-refractivity contribution in [2.45, 2.75) is 57.1 Å². The van der Waals surface area contributed by atoms with Crippen molar-refractivity contribution < 1.29 is 22.7 Å². The fourth-order valence-electron chi connectivity index (χ4n) is 5.07. The van der Waals surface area contributed by atoms with Crippen molar-refractivity contribution in [2.75, 3.05) is 18.0 Å². The highest BCUT2D eigenvalue weighted by atomic mass is 35.5. The van der Waals surface area contributed by atoms with E-state index in [2.05, 4.69) is 5.32 Å². The number of ether oxygens (including phenoxy) is 1. The molecule has 2 amide bonds. The Labute approximate surface area is 297 Å². The molecule has 1 N–H and O–H groups in total. The van der Waals surface area contributed by atoms with E-state index in [-0.39, 0.29) is 44.4 Å². The summed E-state index contributed by atoms with van der Waals surface area (Å²) in [6.07, 6.45) is 0.127. The van der Waals surface area contributed by atoms with Crippen molar-refractivity contribution in [2.24, 2.45) is 0 Å². The molecule has 0 saturated carbocycles. The molecule has 0 unspecified atom stereocenters. The SMILES string of the molecule is COc1ccc(Cl)cc1N(CC(=O)N(Cc1c(Cl)cccc1Cl)[C@@H](Cc1ccccc1)C(=O)NC(C)(C)C)S(=O)(=O)c1ccc(C)cc1. The van der Waals surface area contributed by atoms with Gasteiger partial charge < -0.3 is 15.0 Å². The van der Waals surface area contributed by atoms with Crippen LogP contribution in [0.1, 0.15) is 37.5 Å². The lowest BCUT2D eigenvalue weighted by Gasteiger charge is -2.35. The molecular formula is C36H38Cl3N3O5S. The first-order chi connectivity index (χ1) is 22.6. The fourth-order valence-corrected chi connectivity index (χ4v) is 7.17. The number of anilines is 1. The summed E-state index contributed by atoms with van der Waals surface area (Å²) < 4.78 is 35.2. The van der Waals surface area contributed by atoms with Gasteiger partial charge in [-0.25, -0.2) is 8.42 Å². The topological polar surface area (TPSA) is 96.0 Å². The quantitative estimate of drug-likeness (QED) is 0.161. The highest BCUT2D eigenvalue weighted by molar-refractivity contribution is 7.92. The van der Waals surface area contributed by atoms with Gasteiger partial charge in [-0.2, -0.15) is 0 Å². The van der Waals surface area contributed by atoms with Gasteiger partial charge in [0.2, 0.25) is 11.8 Å². The van der Waals surface area contributed by atoms with Crippen LogP contribution in [0.2, 0.25) is 15.1 Å². The van der Waals surface area contributed by atoms with Gasteiger partial charge in [0.15, 0.2) is 0 Å². The minimum Gasteiger partial charge on any atom is -0.495 e. The van der Waals surface area contributed by atoms with Crippen LogP contribution < -0.4 is 14.4 Å². The first-order valence-electron chi connectivity index (χ1n) is 15.1. The Morgan fingerprint density at radius 1 is 0.875 bits per heavy atom. The molecule has 1 atom stereocenters. The Morgan fingerprint density at radius 2 is 1.50 bits per heavy atom. The molecule has 48 heavy (non-hydrogen) atoms. The minimum atomic E-state index is -4.38. The smallest absolute Gasteiger partial charge is 0.264 e. The second kappa shape index (κ2) is 15.6. The van der Waals surface area contributed by atoms with Crippen LogP contribution in [0.5, 0.6) is 5.75 Å². The number of rotatable bonds is 12. The highest BCUT2D eigenvalue weighted by Gasteiger charge is 2.37. The van der Waals surface area contributed by atoms with Crippen molar-refractivity contribution in [3.8, 4) is 5.75 Å². The first-order valence-corrected chi connectivity index (χ1v) is 17.7. The number of hydrogen-bond donors (Lipinski definition) is 1. The zero-order valence-electron chi connectivity index (χ0n) is 27.3. The van der Waals surface area contributed by atoms with E-state index in [1.54, 1.807) is 36.4 Å². The van der Waals surface area contributed by atoms with Crippen molar-refractivity contribution in [3.05, 3.63) is 123 Å². The van der Waals surface area contributed by atoms with Gasteiger partial charge in [0.25, 0.3) is 10.0 Å². The lowest BCUT2D eigenvalue weighted by Crippen LogP contribution is -2.56. The second-order valence-corrected chi connectivity index (χ2v) is 15.4. The summed E-state index contributed by atoms with van der Waals surface area (Å²) in [5.74, 6) is -0.945. The standard InChI is InChI=1S/C36H38Cl3N3O5S/c1-24-14-17-27(18-15-24)48(45,46)42(31-21-26(37)16-19-33(31)47-5)23-34(43)41(22-28-29(38)12-9-13-30(28)39)32(35(44)40-36(2,3)4)20-25-10-7-6-8-11-25/h6-19,21,32H,20,22-23H2,1-5H3,(H,40,44)/t32-/m0/s1. The molecule has 12 heteroatoms. The number of hydrogen-bond acceptors (Lipinski definition) is 5. The maximum absolute atomic E-state index is 14.8. The molecule has 4 aromatic carbocycles. The summed E-state index contributed by atoms with van der Waals surface area (Å²) in [4.78, 5) is 30.1. The van der Waals surface area contributed by atoms with E-state index in [1.165, 1.54) is 36.3 Å². The third-order valence-electron chi connectivity index (χ3n) is 7.46. The molecule has 4 aromatic rings. The van der Waals surface area contributed by atoms with Crippen molar-refractivity contribution >= 4 is 62.3 Å². The van der Waals surface area contributed by atoms with E-state index in [9.17, 15) is 18.0 Å². The Kier molecular flexibility index (Phi) is 12.1. The zero-order chi connectivity index (χ0) is 35.2. The Bertz CT molecular complexity index is 1840. The molecular weight excluding hydrogens is 693 g/mol. The summed E-state index contributed by atoms with van der Waals surface area (Å²) in [5, 5.41) is 3.80. The number of carbonyl (C=O) groups is 2. The van der Waals surface area contributed by atoms with Crippen LogP contribution in [-0.4, -0.2) is 50.4 Å². The fraction of sp³-hybridized carbons (Fsp3) is 0.278. The zero-order valence-corrected chi connectivity index (χ0v) is 30.4. The number of halogens is 3. The third-order valence-corrected chi connectivity index (χ3v) is 10.2. The maximum Gasteiger partial charge on any atom is 0.264 e. The molecule has 4 rings (SSSR count). The molecule has 8 nitrogen and oxygen atoms in total. The molecule has 0 heterocycles. The number of amides is 2. The van der Waals surface area contributed by atoms with Crippen LogP contribution in [0.4, 0.5) is 5.69 Å². The summed E-state index contributed by atoms with van der Waals surface area (Å²) in [7, 11) is -2.98. The second-order valence-electron chi connectivity index (χ2n) is 12.3. The predicted molar refractivity (Wildman–Crippen MR) is 193 cm³/mol. The van der Waals surface area contributed by atoms with Crippen LogP contribution >= 0.6 is 34.8 Å². The van der Waals surface area contributed by atoms with Crippen molar-refractivity contribution in [1.82, 2.24) is 10.2 Å². The highest BCUT2D eigenvalue weighted by Crippen LogP contribution is 2.36. The summed E-state index contributed by atoms with van der Waals surface area (Å²) >= 11 is 19.6. The van der Waals surface area contributed by atoms with Crippen molar-refractivity contribution in [1.29, 1.82) is 0 Å². The van der Waals surface area contributed by atoms with E-state index in [0.717, 1.165) is 15.4 Å². The Morgan fingerprint density at radius 3 is 2.08 bits per heavy atom. The number of methoxy groups -OCH3 is 1. The number of benzene rings is 4. The number of aryl methyl sites for hydroxylation is 1. The van der Waals surface area contributed by atoms with Gasteiger partial charge in [-0.1, -0.05) is 88.9 Å². The van der Waals surface area contributed by atoms with Crippen LogP contribution in [-0.2, 0) is 32.6 Å². The third kappa shape index (κ3) is 9.23. The number of nitrogens with zero attached hydrogens (tertiary/aromatic N) is 2. The number of nitrogens with one attached hydrogen (secondary N) is 1. The average molecular weight is 731 g/mol. The molecule has 0 aliphatic rings. The molecule has 0 spiro atoms. The van der Waals surface area contributed by atoms with E-state index in [1.807, 2.05) is 58.0 Å². The van der Waals surface area contributed by atoms with Gasteiger partial charge in [-0.3, -0.25) is 13.9 Å². The van der Waals surface area contributed by atoms with Crippen LogP contribution in [0.3, 0.4) is 0 Å². The largest absolute Gasteiger partial charge is 0.495 e. The predicted octanol–water partition coefficient (Wildman–Crippen LogP) is 7.71. The van der Waals surface area contributed by atoms with E-state index in [0.29, 0.717) is 5.56 Å². The summed E-state index contributed by atoms with van der Waals surface area (Å²) in [5.41, 5.74) is 1.46. The molecule has 0 aromatic heterocycles. The molecule has 0 bridgehead atoms. The number of sulfonamides is 1. The molecule has 0 saturated heterocycles. The normalized spacial score (nSPS) is 12.2. The van der Waals surface area contributed by atoms with Crippen LogP contribution in [0.15, 0.2) is 95.9 Å². The monoisotopic (exact) mass is 729 g/mol. The van der Waals surface area contributed by atoms with Gasteiger partial charge in [0.05, 0.1) is 17.7 Å². The van der Waals surface area contributed by atoms with Crippen LogP contribution in [0, 0.1) is 6.92 Å². The Hall–Kier alpha value is -3.76. The van der Waals surface area contributed by atoms with Crippen LogP contribution in [0.25, 0.3) is 0 Å². The van der Waals surface area contributed by atoms with Gasteiger partial charge in [-0.05, 0) is 75.7 Å². The molecule has 0 aliphatic heterocycles.